The van der Waals surface area contributed by atoms with Crippen molar-refractivity contribution in [2.24, 2.45) is 0 Å². The topological polar surface area (TPSA) is 78.6 Å². The Morgan fingerprint density at radius 2 is 2.15 bits per heavy atom. The predicted molar refractivity (Wildman–Crippen MR) is 77.8 cm³/mol. The summed E-state index contributed by atoms with van der Waals surface area (Å²) < 4.78 is 12.9. The number of rotatable bonds is 6. The van der Waals surface area contributed by atoms with Crippen molar-refractivity contribution in [3.05, 3.63) is 24.0 Å². The lowest BCUT2D eigenvalue weighted by Crippen LogP contribution is -2.40. The van der Waals surface area contributed by atoms with Crippen LogP contribution in [0.2, 0.25) is 0 Å². The van der Waals surface area contributed by atoms with Crippen LogP contribution in [0.3, 0.4) is 0 Å². The van der Waals surface area contributed by atoms with E-state index in [-0.39, 0.29) is 17.6 Å². The van der Waals surface area contributed by atoms with Gasteiger partial charge in [0.15, 0.2) is 0 Å². The zero-order valence-corrected chi connectivity index (χ0v) is 12.1. The first-order chi connectivity index (χ1) is 9.31. The molecule has 1 amide bonds. The Balaban J connectivity index is 2.61. The van der Waals surface area contributed by atoms with Crippen molar-refractivity contribution >= 4 is 17.3 Å². The Morgan fingerprint density at radius 3 is 2.70 bits per heavy atom. The summed E-state index contributed by atoms with van der Waals surface area (Å²) in [4.78, 5) is 13.9. The van der Waals surface area contributed by atoms with Crippen molar-refractivity contribution in [3.8, 4) is 0 Å². The summed E-state index contributed by atoms with van der Waals surface area (Å²) in [6.07, 6.45) is 0.188. The average Bonchev–Trinajstić information content (AvgIpc) is 2.38. The van der Waals surface area contributed by atoms with Gasteiger partial charge in [0.25, 0.3) is 0 Å². The molecule has 0 fully saturated rings. The Kier molecular flexibility index (Phi) is 5.91. The van der Waals surface area contributed by atoms with Crippen LogP contribution in [0.1, 0.15) is 20.3 Å². The highest BCUT2D eigenvalue weighted by molar-refractivity contribution is 5.97. The Bertz CT molecular complexity index is 466. The van der Waals surface area contributed by atoms with Gasteiger partial charge in [-0.3, -0.25) is 9.69 Å². The zero-order valence-electron chi connectivity index (χ0n) is 12.1. The highest BCUT2D eigenvalue weighted by Gasteiger charge is 2.19. The summed E-state index contributed by atoms with van der Waals surface area (Å²) >= 11 is 0. The highest BCUT2D eigenvalue weighted by Crippen LogP contribution is 2.19. The number of nitrogens with zero attached hydrogens (tertiary/aromatic N) is 1. The van der Waals surface area contributed by atoms with Crippen LogP contribution < -0.4 is 11.1 Å². The van der Waals surface area contributed by atoms with Gasteiger partial charge in [0.1, 0.15) is 5.82 Å². The SMILES string of the molecule is CC(O)CCN(C)C(C)C(=O)Nc1ccc(F)cc1N. The minimum Gasteiger partial charge on any atom is -0.397 e. The fourth-order valence-electron chi connectivity index (χ4n) is 1.67. The van der Waals surface area contributed by atoms with E-state index in [0.717, 1.165) is 6.07 Å². The van der Waals surface area contributed by atoms with Gasteiger partial charge in [-0.15, -0.1) is 0 Å². The molecule has 0 spiro atoms. The second kappa shape index (κ2) is 7.21. The van der Waals surface area contributed by atoms with Gasteiger partial charge >= 0.3 is 0 Å². The fourth-order valence-corrected chi connectivity index (χ4v) is 1.67. The summed E-state index contributed by atoms with van der Waals surface area (Å²) in [7, 11) is 1.81. The number of nitrogen functional groups attached to an aromatic ring is 1. The number of carbonyl (C=O) groups excluding carboxylic acids is 1. The van der Waals surface area contributed by atoms with E-state index in [9.17, 15) is 14.3 Å². The van der Waals surface area contributed by atoms with Gasteiger partial charge in [0, 0.05) is 6.54 Å². The maximum atomic E-state index is 12.9. The number of likely N-dealkylation sites (N-methyl/N-ethyl adjacent to an activating group) is 1. The van der Waals surface area contributed by atoms with Crippen LogP contribution in [0.15, 0.2) is 18.2 Å². The van der Waals surface area contributed by atoms with Crippen LogP contribution in [-0.2, 0) is 4.79 Å². The average molecular weight is 283 g/mol. The van der Waals surface area contributed by atoms with Gasteiger partial charge in [-0.05, 0) is 45.5 Å². The number of benzene rings is 1. The molecule has 0 aliphatic carbocycles. The fraction of sp³-hybridized carbons (Fsp3) is 0.500. The summed E-state index contributed by atoms with van der Waals surface area (Å²) in [6.45, 7) is 4.07. The van der Waals surface area contributed by atoms with E-state index in [1.165, 1.54) is 12.1 Å². The van der Waals surface area contributed by atoms with Crippen molar-refractivity contribution < 1.29 is 14.3 Å². The molecule has 0 aliphatic rings. The van der Waals surface area contributed by atoms with Crippen molar-refractivity contribution in [2.45, 2.75) is 32.4 Å². The maximum absolute atomic E-state index is 12.9. The summed E-state index contributed by atoms with van der Waals surface area (Å²) in [5.41, 5.74) is 6.23. The van der Waals surface area contributed by atoms with E-state index in [1.54, 1.807) is 20.9 Å². The van der Waals surface area contributed by atoms with E-state index in [1.807, 2.05) is 4.90 Å². The smallest absolute Gasteiger partial charge is 0.241 e. The second-order valence-corrected chi connectivity index (χ2v) is 5.02. The molecular formula is C14H22FN3O2. The summed E-state index contributed by atoms with van der Waals surface area (Å²) in [5.74, 6) is -0.668. The van der Waals surface area contributed by atoms with Crippen LogP contribution in [0, 0.1) is 5.82 Å². The molecule has 1 aromatic carbocycles. The molecule has 0 saturated heterocycles. The number of anilines is 2. The van der Waals surface area contributed by atoms with Gasteiger partial charge in [-0.25, -0.2) is 4.39 Å². The van der Waals surface area contributed by atoms with Crippen LogP contribution in [0.5, 0.6) is 0 Å². The van der Waals surface area contributed by atoms with Gasteiger partial charge < -0.3 is 16.2 Å². The normalized spacial score (nSPS) is 14.1. The molecule has 1 aromatic rings. The van der Waals surface area contributed by atoms with E-state index in [2.05, 4.69) is 5.32 Å². The van der Waals surface area contributed by atoms with E-state index in [0.29, 0.717) is 18.7 Å². The summed E-state index contributed by atoms with van der Waals surface area (Å²) in [6, 6.07) is 3.47. The molecule has 1 rings (SSSR count). The summed E-state index contributed by atoms with van der Waals surface area (Å²) in [5, 5.41) is 11.9. The number of amides is 1. The predicted octanol–water partition coefficient (Wildman–Crippen LogP) is 1.44. The lowest BCUT2D eigenvalue weighted by atomic mass is 10.2. The number of nitrogens with one attached hydrogen (secondary N) is 1. The first-order valence-electron chi connectivity index (χ1n) is 6.55. The van der Waals surface area contributed by atoms with Crippen molar-refractivity contribution in [3.63, 3.8) is 0 Å². The molecular weight excluding hydrogens is 261 g/mol. The zero-order chi connectivity index (χ0) is 15.3. The first kappa shape index (κ1) is 16.4. The van der Waals surface area contributed by atoms with Crippen LogP contribution in [0.25, 0.3) is 0 Å². The van der Waals surface area contributed by atoms with Crippen molar-refractivity contribution in [1.82, 2.24) is 4.90 Å². The molecule has 5 nitrogen and oxygen atoms in total. The number of carbonyl (C=O) groups is 1. The maximum Gasteiger partial charge on any atom is 0.241 e. The molecule has 20 heavy (non-hydrogen) atoms. The van der Waals surface area contributed by atoms with Gasteiger partial charge in [-0.2, -0.15) is 0 Å². The molecule has 0 aromatic heterocycles. The molecule has 4 N–H and O–H groups in total. The Hall–Kier alpha value is -1.66. The largest absolute Gasteiger partial charge is 0.397 e. The molecule has 0 bridgehead atoms. The third kappa shape index (κ3) is 4.79. The number of hydrogen-bond acceptors (Lipinski definition) is 4. The quantitative estimate of drug-likeness (QED) is 0.690. The lowest BCUT2D eigenvalue weighted by Gasteiger charge is -2.24. The molecule has 2 atom stereocenters. The lowest BCUT2D eigenvalue weighted by molar-refractivity contribution is -0.120. The van der Waals surface area contributed by atoms with Crippen LogP contribution >= 0.6 is 0 Å². The number of hydrogen-bond donors (Lipinski definition) is 3. The minimum atomic E-state index is -0.442. The van der Waals surface area contributed by atoms with Gasteiger partial charge in [0.05, 0.1) is 23.5 Å². The molecule has 0 radical (unpaired) electrons. The molecule has 2 unspecified atom stereocenters. The van der Waals surface area contributed by atoms with Crippen molar-refractivity contribution in [1.29, 1.82) is 0 Å². The Morgan fingerprint density at radius 1 is 1.50 bits per heavy atom. The standard InChI is InChI=1S/C14H22FN3O2/c1-9(19)6-7-18(3)10(2)14(20)17-13-5-4-11(15)8-12(13)16/h4-5,8-10,19H,6-7,16H2,1-3H3,(H,17,20). The monoisotopic (exact) mass is 283 g/mol. The van der Waals surface area contributed by atoms with E-state index < -0.39 is 11.9 Å². The number of nitrogens with two attached hydrogens (primary N) is 1. The number of halogens is 1. The molecule has 0 aliphatic heterocycles. The van der Waals surface area contributed by atoms with E-state index in [4.69, 9.17) is 5.73 Å². The minimum absolute atomic E-state index is 0.192. The number of aliphatic hydroxyl groups is 1. The van der Waals surface area contributed by atoms with Crippen molar-refractivity contribution in [2.75, 3.05) is 24.6 Å². The van der Waals surface area contributed by atoms with Crippen LogP contribution in [-0.4, -0.2) is 41.7 Å². The van der Waals surface area contributed by atoms with E-state index >= 15 is 0 Å². The Labute approximate surface area is 118 Å². The van der Waals surface area contributed by atoms with Gasteiger partial charge in [-0.1, -0.05) is 0 Å². The third-order valence-electron chi connectivity index (χ3n) is 3.21. The molecule has 6 heteroatoms. The van der Waals surface area contributed by atoms with Crippen LogP contribution in [0.4, 0.5) is 15.8 Å². The third-order valence-corrected chi connectivity index (χ3v) is 3.21. The first-order valence-corrected chi connectivity index (χ1v) is 6.55. The highest BCUT2D eigenvalue weighted by atomic mass is 19.1. The molecule has 0 saturated carbocycles. The van der Waals surface area contributed by atoms with Gasteiger partial charge in [0.2, 0.25) is 5.91 Å². The molecule has 112 valence electrons. The molecule has 0 heterocycles. The second-order valence-electron chi connectivity index (χ2n) is 5.02. The number of aliphatic hydroxyl groups excluding tert-OH is 1.